The lowest BCUT2D eigenvalue weighted by Crippen LogP contribution is -2.56. The molecule has 0 aromatic heterocycles. The van der Waals surface area contributed by atoms with E-state index in [1.54, 1.807) is 24.3 Å². The van der Waals surface area contributed by atoms with Crippen LogP contribution in [-0.4, -0.2) is 29.8 Å². The molecule has 5 nitrogen and oxygen atoms in total. The second-order valence-electron chi connectivity index (χ2n) is 7.78. The van der Waals surface area contributed by atoms with Gasteiger partial charge in [0.25, 0.3) is 5.91 Å². The average Bonchev–Trinajstić information content (AvgIpc) is 2.59. The number of amides is 1. The zero-order valence-electron chi connectivity index (χ0n) is 14.2. The molecule has 0 aliphatic heterocycles. The number of rotatable bonds is 5. The van der Waals surface area contributed by atoms with E-state index in [0.717, 1.165) is 19.3 Å². The van der Waals surface area contributed by atoms with Gasteiger partial charge in [-0.2, -0.15) is 0 Å². The Kier molecular flexibility index (Phi) is 4.10. The molecule has 1 amide bonds. The number of esters is 1. The summed E-state index contributed by atoms with van der Waals surface area (Å²) in [6.45, 7) is 0.262. The Morgan fingerprint density at radius 3 is 2.44 bits per heavy atom. The Hall–Kier alpha value is -2.17. The molecule has 5 heteroatoms. The van der Waals surface area contributed by atoms with Crippen LogP contribution in [0.2, 0.25) is 0 Å². The van der Waals surface area contributed by atoms with Crippen LogP contribution >= 0.6 is 0 Å². The first-order chi connectivity index (χ1) is 12.0. The van der Waals surface area contributed by atoms with E-state index in [1.807, 2.05) is 6.07 Å². The zero-order valence-corrected chi connectivity index (χ0v) is 14.2. The molecule has 2 atom stereocenters. The van der Waals surface area contributed by atoms with E-state index >= 15 is 0 Å². The summed E-state index contributed by atoms with van der Waals surface area (Å²) < 4.78 is 5.84. The van der Waals surface area contributed by atoms with Gasteiger partial charge in [-0.3, -0.25) is 14.4 Å². The highest BCUT2D eigenvalue weighted by Gasteiger charge is 2.57. The third-order valence-corrected chi connectivity index (χ3v) is 5.92. The van der Waals surface area contributed by atoms with Crippen molar-refractivity contribution in [1.29, 1.82) is 0 Å². The molecule has 1 aromatic carbocycles. The molecule has 0 saturated heterocycles. The molecule has 0 spiro atoms. The molecule has 0 heterocycles. The van der Waals surface area contributed by atoms with Crippen molar-refractivity contribution in [1.82, 2.24) is 5.32 Å². The molecule has 1 aromatic rings. The standard InChI is InChI=1S/C20H23NO4/c22-17(6-7-21-19(24)14-4-2-1-3-5-14)25-20-10-13-8-15(11-20)18(23)16(9-13)12-20/h1-5,13,15-16H,6-12H2,(H,21,24). The number of hydrogen-bond acceptors (Lipinski definition) is 4. The molecule has 25 heavy (non-hydrogen) atoms. The highest BCUT2D eigenvalue weighted by molar-refractivity contribution is 5.94. The van der Waals surface area contributed by atoms with Crippen molar-refractivity contribution < 1.29 is 19.1 Å². The summed E-state index contributed by atoms with van der Waals surface area (Å²) >= 11 is 0. The summed E-state index contributed by atoms with van der Waals surface area (Å²) in [6, 6.07) is 8.93. The normalized spacial score (nSPS) is 32.5. The summed E-state index contributed by atoms with van der Waals surface area (Å²) in [6.07, 6.45) is 4.40. The first-order valence-electron chi connectivity index (χ1n) is 9.13. The van der Waals surface area contributed by atoms with Crippen molar-refractivity contribution in [3.8, 4) is 0 Å². The maximum atomic E-state index is 12.3. The molecule has 4 fully saturated rings. The predicted molar refractivity (Wildman–Crippen MR) is 90.8 cm³/mol. The van der Waals surface area contributed by atoms with Crippen LogP contribution in [-0.2, 0) is 14.3 Å². The monoisotopic (exact) mass is 341 g/mol. The Labute approximate surface area is 147 Å². The largest absolute Gasteiger partial charge is 0.459 e. The maximum absolute atomic E-state index is 12.3. The van der Waals surface area contributed by atoms with Gasteiger partial charge in [0.05, 0.1) is 6.42 Å². The van der Waals surface area contributed by atoms with Gasteiger partial charge in [0.1, 0.15) is 11.4 Å². The fourth-order valence-corrected chi connectivity index (χ4v) is 5.06. The van der Waals surface area contributed by atoms with Crippen molar-refractivity contribution in [3.63, 3.8) is 0 Å². The van der Waals surface area contributed by atoms with Crippen LogP contribution in [0.1, 0.15) is 48.9 Å². The minimum atomic E-state index is -0.426. The van der Waals surface area contributed by atoms with E-state index in [2.05, 4.69) is 5.32 Å². The van der Waals surface area contributed by atoms with E-state index in [1.165, 1.54) is 0 Å². The second-order valence-corrected chi connectivity index (χ2v) is 7.78. The quantitative estimate of drug-likeness (QED) is 0.835. The molecule has 4 aliphatic carbocycles. The highest BCUT2D eigenvalue weighted by atomic mass is 16.6. The molecule has 4 aliphatic rings. The lowest BCUT2D eigenvalue weighted by atomic mass is 9.53. The number of Topliss-reactive ketones (excluding diaryl/α,β-unsaturated/α-hetero) is 1. The van der Waals surface area contributed by atoms with Gasteiger partial charge in [-0.05, 0) is 50.2 Å². The summed E-state index contributed by atoms with van der Waals surface area (Å²) in [5, 5.41) is 2.75. The predicted octanol–water partition coefficient (Wildman–Crippen LogP) is 2.50. The van der Waals surface area contributed by atoms with Gasteiger partial charge in [-0.25, -0.2) is 0 Å². The number of ether oxygens (including phenoxy) is 1. The van der Waals surface area contributed by atoms with Gasteiger partial charge in [-0.15, -0.1) is 0 Å². The number of benzene rings is 1. The number of carbonyl (C=O) groups is 3. The van der Waals surface area contributed by atoms with Crippen LogP contribution in [0.25, 0.3) is 0 Å². The number of nitrogens with one attached hydrogen (secondary N) is 1. The Bertz CT molecular complexity index is 681. The zero-order chi connectivity index (χ0) is 17.4. The fraction of sp³-hybridized carbons (Fsp3) is 0.550. The summed E-state index contributed by atoms with van der Waals surface area (Å²) in [5.41, 5.74) is 0.153. The number of hydrogen-bond donors (Lipinski definition) is 1. The highest BCUT2D eigenvalue weighted by Crippen LogP contribution is 2.55. The Morgan fingerprint density at radius 2 is 1.76 bits per heavy atom. The molecule has 1 N–H and O–H groups in total. The first-order valence-corrected chi connectivity index (χ1v) is 9.13. The van der Waals surface area contributed by atoms with Crippen molar-refractivity contribution >= 4 is 17.7 Å². The first kappa shape index (κ1) is 16.3. The van der Waals surface area contributed by atoms with Gasteiger partial charge >= 0.3 is 5.97 Å². The lowest BCUT2D eigenvalue weighted by Gasteiger charge is -2.54. The van der Waals surface area contributed by atoms with Crippen LogP contribution < -0.4 is 5.32 Å². The SMILES string of the molecule is O=C(CCNC(=O)c1ccccc1)OC12CC3CC(C1)C(=O)C(C3)C2. The van der Waals surface area contributed by atoms with Crippen molar-refractivity contribution in [2.75, 3.05) is 6.54 Å². The third kappa shape index (κ3) is 3.20. The molecular formula is C20H23NO4. The van der Waals surface area contributed by atoms with Crippen molar-refractivity contribution in [3.05, 3.63) is 35.9 Å². The average molecular weight is 341 g/mol. The van der Waals surface area contributed by atoms with Crippen LogP contribution in [0.5, 0.6) is 0 Å². The summed E-state index contributed by atoms with van der Waals surface area (Å²) in [7, 11) is 0. The van der Waals surface area contributed by atoms with Gasteiger partial charge in [0.2, 0.25) is 0 Å². The van der Waals surface area contributed by atoms with Crippen LogP contribution in [0.15, 0.2) is 30.3 Å². The van der Waals surface area contributed by atoms with Crippen molar-refractivity contribution in [2.24, 2.45) is 17.8 Å². The third-order valence-electron chi connectivity index (χ3n) is 5.92. The number of ketones is 1. The van der Waals surface area contributed by atoms with E-state index < -0.39 is 5.60 Å². The summed E-state index contributed by atoms with van der Waals surface area (Å²) in [4.78, 5) is 36.4. The van der Waals surface area contributed by atoms with Crippen LogP contribution in [0, 0.1) is 17.8 Å². The summed E-state index contributed by atoms with van der Waals surface area (Å²) in [5.74, 6) is 0.642. The van der Waals surface area contributed by atoms with E-state index in [4.69, 9.17) is 4.74 Å². The minimum Gasteiger partial charge on any atom is -0.459 e. The molecule has 4 saturated carbocycles. The number of carbonyl (C=O) groups excluding carboxylic acids is 3. The van der Waals surface area contributed by atoms with Crippen molar-refractivity contribution in [2.45, 2.75) is 44.1 Å². The molecule has 2 unspecified atom stereocenters. The molecule has 132 valence electrons. The van der Waals surface area contributed by atoms with E-state index in [9.17, 15) is 14.4 Å². The minimum absolute atomic E-state index is 0.0943. The van der Waals surface area contributed by atoms with Gasteiger partial charge in [-0.1, -0.05) is 18.2 Å². The Balaban J connectivity index is 1.28. The van der Waals surface area contributed by atoms with E-state index in [-0.39, 0.29) is 36.7 Å². The Morgan fingerprint density at radius 1 is 1.08 bits per heavy atom. The fourth-order valence-electron chi connectivity index (χ4n) is 5.06. The maximum Gasteiger partial charge on any atom is 0.308 e. The topological polar surface area (TPSA) is 72.5 Å². The molecular weight excluding hydrogens is 318 g/mol. The molecule has 4 bridgehead atoms. The van der Waals surface area contributed by atoms with Gasteiger partial charge in [0.15, 0.2) is 0 Å². The van der Waals surface area contributed by atoms with Crippen LogP contribution in [0.4, 0.5) is 0 Å². The van der Waals surface area contributed by atoms with Gasteiger partial charge < -0.3 is 10.1 Å². The lowest BCUT2D eigenvalue weighted by molar-refractivity contribution is -0.189. The second kappa shape index (κ2) is 6.28. The molecule has 0 radical (unpaired) electrons. The van der Waals surface area contributed by atoms with Gasteiger partial charge in [0, 0.05) is 23.9 Å². The smallest absolute Gasteiger partial charge is 0.308 e. The van der Waals surface area contributed by atoms with Crippen LogP contribution in [0.3, 0.4) is 0 Å². The van der Waals surface area contributed by atoms with E-state index in [0.29, 0.717) is 30.1 Å². The molecule has 5 rings (SSSR count).